The van der Waals surface area contributed by atoms with Crippen molar-refractivity contribution < 1.29 is 0 Å². The maximum Gasteiger partial charge on any atom is 0.0284 e. The molecule has 0 radical (unpaired) electrons. The van der Waals surface area contributed by atoms with Crippen LogP contribution in [0.2, 0.25) is 0 Å². The number of benzene rings is 2. The molecule has 1 heteroatoms. The zero-order chi connectivity index (χ0) is 12.8. The Morgan fingerprint density at radius 2 is 1.84 bits per heavy atom. The largest absolute Gasteiger partial charge is 0.297 e. The summed E-state index contributed by atoms with van der Waals surface area (Å²) in [6, 6.07) is 17.0. The van der Waals surface area contributed by atoms with E-state index in [9.17, 15) is 0 Å². The van der Waals surface area contributed by atoms with Gasteiger partial charge in [-0.15, -0.1) is 0 Å². The van der Waals surface area contributed by atoms with Crippen LogP contribution in [0.4, 0.5) is 0 Å². The minimum atomic E-state index is 0.667. The first-order valence-electron chi connectivity index (χ1n) is 7.23. The number of hydrogen-bond acceptors (Lipinski definition) is 1. The SMILES string of the molecule is CN1[C@H]2CC[C@@H]1C=C(c1ccc3ccccc3c1)C2. The van der Waals surface area contributed by atoms with Crippen LogP contribution in [0.5, 0.6) is 0 Å². The molecule has 2 bridgehead atoms. The van der Waals surface area contributed by atoms with Gasteiger partial charge in [-0.05, 0) is 54.3 Å². The van der Waals surface area contributed by atoms with Crippen LogP contribution in [0.15, 0.2) is 48.5 Å². The van der Waals surface area contributed by atoms with Gasteiger partial charge in [0.05, 0.1) is 0 Å². The first-order chi connectivity index (χ1) is 9.31. The molecule has 0 aromatic heterocycles. The number of hydrogen-bond donors (Lipinski definition) is 0. The zero-order valence-electron chi connectivity index (χ0n) is 11.3. The van der Waals surface area contributed by atoms with E-state index in [4.69, 9.17) is 0 Å². The van der Waals surface area contributed by atoms with Gasteiger partial charge in [0, 0.05) is 12.1 Å². The monoisotopic (exact) mass is 249 g/mol. The van der Waals surface area contributed by atoms with Crippen molar-refractivity contribution in [1.82, 2.24) is 4.90 Å². The molecule has 0 N–H and O–H groups in total. The Bertz CT molecular complexity index is 656. The summed E-state index contributed by atoms with van der Waals surface area (Å²) < 4.78 is 0. The van der Waals surface area contributed by atoms with Gasteiger partial charge in [-0.1, -0.05) is 42.5 Å². The Morgan fingerprint density at radius 1 is 1.00 bits per heavy atom. The summed E-state index contributed by atoms with van der Waals surface area (Å²) in [5, 5.41) is 2.69. The molecule has 2 aliphatic heterocycles. The minimum Gasteiger partial charge on any atom is -0.297 e. The molecular weight excluding hydrogens is 230 g/mol. The summed E-state index contributed by atoms with van der Waals surface area (Å²) in [7, 11) is 2.27. The Kier molecular flexibility index (Phi) is 2.49. The van der Waals surface area contributed by atoms with Gasteiger partial charge in [0.25, 0.3) is 0 Å². The second-order valence-corrected chi connectivity index (χ2v) is 5.92. The van der Waals surface area contributed by atoms with E-state index < -0.39 is 0 Å². The van der Waals surface area contributed by atoms with Crippen LogP contribution in [0.25, 0.3) is 16.3 Å². The van der Waals surface area contributed by atoms with Crippen LogP contribution in [0.3, 0.4) is 0 Å². The van der Waals surface area contributed by atoms with Crippen molar-refractivity contribution in [3.8, 4) is 0 Å². The molecule has 2 aromatic carbocycles. The van der Waals surface area contributed by atoms with E-state index >= 15 is 0 Å². The number of rotatable bonds is 1. The highest BCUT2D eigenvalue weighted by atomic mass is 15.2. The summed E-state index contributed by atoms with van der Waals surface area (Å²) in [6.45, 7) is 0. The maximum atomic E-state index is 2.55. The highest BCUT2D eigenvalue weighted by Gasteiger charge is 2.33. The van der Waals surface area contributed by atoms with Crippen molar-refractivity contribution >= 4 is 16.3 Å². The second-order valence-electron chi connectivity index (χ2n) is 5.92. The van der Waals surface area contributed by atoms with E-state index in [1.807, 2.05) is 0 Å². The fourth-order valence-corrected chi connectivity index (χ4v) is 3.65. The van der Waals surface area contributed by atoms with Crippen LogP contribution in [0.1, 0.15) is 24.8 Å². The normalized spacial score (nSPS) is 26.7. The minimum absolute atomic E-state index is 0.667. The van der Waals surface area contributed by atoms with Gasteiger partial charge in [-0.25, -0.2) is 0 Å². The number of fused-ring (bicyclic) bond motifs is 3. The highest BCUT2D eigenvalue weighted by Crippen LogP contribution is 2.37. The topological polar surface area (TPSA) is 3.24 Å². The fourth-order valence-electron chi connectivity index (χ4n) is 3.65. The van der Waals surface area contributed by atoms with Crippen molar-refractivity contribution in [2.75, 3.05) is 7.05 Å². The van der Waals surface area contributed by atoms with Crippen molar-refractivity contribution in [2.24, 2.45) is 0 Å². The molecule has 0 saturated carbocycles. The van der Waals surface area contributed by atoms with E-state index in [-0.39, 0.29) is 0 Å². The van der Waals surface area contributed by atoms with Crippen molar-refractivity contribution in [2.45, 2.75) is 31.3 Å². The summed E-state index contributed by atoms with van der Waals surface area (Å²) in [5.74, 6) is 0. The summed E-state index contributed by atoms with van der Waals surface area (Å²) >= 11 is 0. The second kappa shape index (κ2) is 4.21. The smallest absolute Gasteiger partial charge is 0.0284 e. The third-order valence-corrected chi connectivity index (χ3v) is 4.86. The van der Waals surface area contributed by atoms with E-state index in [0.717, 1.165) is 6.04 Å². The molecular formula is C18H19N. The molecule has 0 spiro atoms. The molecule has 1 saturated heterocycles. The van der Waals surface area contributed by atoms with Gasteiger partial charge in [0.2, 0.25) is 0 Å². The maximum absolute atomic E-state index is 2.55. The lowest BCUT2D eigenvalue weighted by molar-refractivity contribution is 0.264. The van der Waals surface area contributed by atoms with Crippen LogP contribution >= 0.6 is 0 Å². The third kappa shape index (κ3) is 1.81. The Labute approximate surface area is 114 Å². The van der Waals surface area contributed by atoms with E-state index in [2.05, 4.69) is 60.5 Å². The van der Waals surface area contributed by atoms with Gasteiger partial charge in [0.15, 0.2) is 0 Å². The molecule has 2 aliphatic rings. The van der Waals surface area contributed by atoms with E-state index in [0.29, 0.717) is 6.04 Å². The lowest BCUT2D eigenvalue weighted by Gasteiger charge is -2.30. The van der Waals surface area contributed by atoms with Crippen molar-refractivity contribution in [3.63, 3.8) is 0 Å². The molecule has 19 heavy (non-hydrogen) atoms. The Morgan fingerprint density at radius 3 is 2.68 bits per heavy atom. The highest BCUT2D eigenvalue weighted by molar-refractivity contribution is 5.86. The van der Waals surface area contributed by atoms with Crippen LogP contribution < -0.4 is 0 Å². The predicted octanol–water partition coefficient (Wildman–Crippen LogP) is 4.09. The first-order valence-corrected chi connectivity index (χ1v) is 7.23. The van der Waals surface area contributed by atoms with Crippen molar-refractivity contribution in [1.29, 1.82) is 0 Å². The molecule has 1 fully saturated rings. The zero-order valence-corrected chi connectivity index (χ0v) is 11.3. The van der Waals surface area contributed by atoms with E-state index in [1.54, 1.807) is 5.57 Å². The molecule has 2 aromatic rings. The standard InChI is InChI=1S/C18H19N/c1-19-17-8-9-18(19)12-16(11-17)15-7-6-13-4-2-3-5-14(13)10-15/h2-7,10-11,17-18H,8-9,12H2,1H3/t17-,18+/m1/s1. The molecule has 96 valence electrons. The molecule has 2 atom stereocenters. The van der Waals surface area contributed by atoms with Crippen molar-refractivity contribution in [3.05, 3.63) is 54.1 Å². The van der Waals surface area contributed by atoms with Crippen LogP contribution in [-0.4, -0.2) is 24.0 Å². The van der Waals surface area contributed by atoms with Crippen LogP contribution in [-0.2, 0) is 0 Å². The average molecular weight is 249 g/mol. The predicted molar refractivity (Wildman–Crippen MR) is 81.1 cm³/mol. The average Bonchev–Trinajstić information content (AvgIpc) is 2.68. The van der Waals surface area contributed by atoms with Gasteiger partial charge in [-0.3, -0.25) is 4.90 Å². The Balaban J connectivity index is 1.77. The van der Waals surface area contributed by atoms with Gasteiger partial charge < -0.3 is 0 Å². The summed E-state index contributed by atoms with van der Waals surface area (Å²) in [5.41, 5.74) is 2.97. The van der Waals surface area contributed by atoms with E-state index in [1.165, 1.54) is 35.6 Å². The summed E-state index contributed by atoms with van der Waals surface area (Å²) in [4.78, 5) is 2.55. The third-order valence-electron chi connectivity index (χ3n) is 4.86. The fraction of sp³-hybridized carbons (Fsp3) is 0.333. The molecule has 0 amide bonds. The number of likely N-dealkylation sites (N-methyl/N-ethyl adjacent to an activating group) is 1. The summed E-state index contributed by atoms with van der Waals surface area (Å²) in [6.07, 6.45) is 6.39. The number of nitrogens with zero attached hydrogens (tertiary/aromatic N) is 1. The van der Waals surface area contributed by atoms with Gasteiger partial charge in [0.1, 0.15) is 0 Å². The molecule has 1 nitrogen and oxygen atoms in total. The Hall–Kier alpha value is -1.60. The lowest BCUT2D eigenvalue weighted by Crippen LogP contribution is -2.34. The molecule has 0 aliphatic carbocycles. The van der Waals surface area contributed by atoms with Gasteiger partial charge in [-0.2, -0.15) is 0 Å². The van der Waals surface area contributed by atoms with Crippen LogP contribution in [0, 0.1) is 0 Å². The molecule has 0 unspecified atom stereocenters. The molecule has 2 heterocycles. The molecule has 4 rings (SSSR count). The first kappa shape index (κ1) is 11.2. The lowest BCUT2D eigenvalue weighted by atomic mass is 9.93. The quantitative estimate of drug-likeness (QED) is 0.735. The van der Waals surface area contributed by atoms with Gasteiger partial charge >= 0.3 is 0 Å².